The van der Waals surface area contributed by atoms with Gasteiger partial charge >= 0.3 is 5.97 Å². The first-order valence-corrected chi connectivity index (χ1v) is 5.66. The van der Waals surface area contributed by atoms with E-state index in [1.807, 2.05) is 0 Å². The number of rotatable bonds is 2. The van der Waals surface area contributed by atoms with Crippen LogP contribution in [0.3, 0.4) is 0 Å². The Morgan fingerprint density at radius 3 is 2.47 bits per heavy atom. The van der Waals surface area contributed by atoms with Gasteiger partial charge in [0.2, 0.25) is 0 Å². The van der Waals surface area contributed by atoms with Crippen LogP contribution in [0.1, 0.15) is 10.4 Å². The van der Waals surface area contributed by atoms with Gasteiger partial charge in [0.1, 0.15) is 5.82 Å². The molecule has 0 fully saturated rings. The van der Waals surface area contributed by atoms with Gasteiger partial charge < -0.3 is 5.11 Å². The molecule has 86 valence electrons. The third-order valence-electron chi connectivity index (χ3n) is 2.36. The predicted octanol–water partition coefficient (Wildman–Crippen LogP) is 3.95. The van der Waals surface area contributed by atoms with E-state index in [1.54, 1.807) is 24.3 Å². The zero-order valence-corrected chi connectivity index (χ0v) is 10.2. The second-order valence-electron chi connectivity index (χ2n) is 3.51. The van der Waals surface area contributed by atoms with Gasteiger partial charge in [-0.3, -0.25) is 0 Å². The molecule has 0 radical (unpaired) electrons. The maximum absolute atomic E-state index is 13.4. The number of carboxylic acids is 1. The van der Waals surface area contributed by atoms with E-state index in [1.165, 1.54) is 18.2 Å². The minimum atomic E-state index is -0.996. The van der Waals surface area contributed by atoms with Gasteiger partial charge in [-0.1, -0.05) is 18.2 Å². The van der Waals surface area contributed by atoms with Crippen molar-refractivity contribution >= 4 is 21.9 Å². The molecule has 0 aliphatic heterocycles. The minimum Gasteiger partial charge on any atom is -0.478 e. The Bertz CT molecular complexity index is 581. The fourth-order valence-corrected chi connectivity index (χ4v) is 1.75. The Hall–Kier alpha value is -1.68. The summed E-state index contributed by atoms with van der Waals surface area (Å²) in [4.78, 5) is 10.8. The highest BCUT2D eigenvalue weighted by Gasteiger charge is 2.06. The van der Waals surface area contributed by atoms with Gasteiger partial charge in [0.05, 0.1) is 10.0 Å². The van der Waals surface area contributed by atoms with Gasteiger partial charge in [0.15, 0.2) is 0 Å². The molecule has 2 rings (SSSR count). The lowest BCUT2D eigenvalue weighted by atomic mass is 10.0. The molecule has 2 aromatic rings. The third-order valence-corrected chi connectivity index (χ3v) is 3.01. The van der Waals surface area contributed by atoms with Crippen LogP contribution >= 0.6 is 15.9 Å². The molecule has 0 atom stereocenters. The maximum atomic E-state index is 13.4. The van der Waals surface area contributed by atoms with Crippen LogP contribution in [0, 0.1) is 5.82 Å². The molecule has 0 saturated carbocycles. The fraction of sp³-hybridized carbons (Fsp3) is 0. The number of hydrogen-bond donors (Lipinski definition) is 1. The predicted molar refractivity (Wildman–Crippen MR) is 66.5 cm³/mol. The molecule has 0 aromatic heterocycles. The molecule has 4 heteroatoms. The largest absolute Gasteiger partial charge is 0.478 e. The summed E-state index contributed by atoms with van der Waals surface area (Å²) in [6, 6.07) is 11.1. The topological polar surface area (TPSA) is 37.3 Å². The Morgan fingerprint density at radius 2 is 1.82 bits per heavy atom. The second-order valence-corrected chi connectivity index (χ2v) is 4.37. The lowest BCUT2D eigenvalue weighted by Crippen LogP contribution is -1.95. The molecular weight excluding hydrogens is 287 g/mol. The van der Waals surface area contributed by atoms with Crippen LogP contribution in [0.5, 0.6) is 0 Å². The van der Waals surface area contributed by atoms with Crippen molar-refractivity contribution in [2.75, 3.05) is 0 Å². The molecule has 0 unspecified atom stereocenters. The zero-order chi connectivity index (χ0) is 12.4. The van der Waals surface area contributed by atoms with Crippen molar-refractivity contribution in [2.24, 2.45) is 0 Å². The summed E-state index contributed by atoms with van der Waals surface area (Å²) >= 11 is 3.07. The molecule has 2 aromatic carbocycles. The standard InChI is InChI=1S/C13H8BrFO2/c14-11-5-4-9(7-12(11)15)8-2-1-3-10(6-8)13(16)17/h1-7H,(H,16,17). The lowest BCUT2D eigenvalue weighted by molar-refractivity contribution is 0.0697. The van der Waals surface area contributed by atoms with E-state index in [0.717, 1.165) is 0 Å². The fourth-order valence-electron chi connectivity index (χ4n) is 1.51. The molecule has 0 saturated heterocycles. The molecule has 0 aliphatic carbocycles. The number of hydrogen-bond acceptors (Lipinski definition) is 1. The van der Waals surface area contributed by atoms with Gasteiger partial charge in [0.25, 0.3) is 0 Å². The summed E-state index contributed by atoms with van der Waals surface area (Å²) in [5.74, 6) is -1.37. The SMILES string of the molecule is O=C(O)c1cccc(-c2ccc(Br)c(F)c2)c1. The summed E-state index contributed by atoms with van der Waals surface area (Å²) in [6.07, 6.45) is 0. The number of aromatic carboxylic acids is 1. The smallest absolute Gasteiger partial charge is 0.335 e. The molecule has 0 heterocycles. The number of carbonyl (C=O) groups is 1. The van der Waals surface area contributed by atoms with Gasteiger partial charge in [0, 0.05) is 0 Å². The Balaban J connectivity index is 2.49. The Morgan fingerprint density at radius 1 is 1.12 bits per heavy atom. The van der Waals surface area contributed by atoms with Crippen LogP contribution in [0.4, 0.5) is 4.39 Å². The van der Waals surface area contributed by atoms with E-state index in [2.05, 4.69) is 15.9 Å². The molecule has 2 nitrogen and oxygen atoms in total. The molecule has 1 N–H and O–H groups in total. The molecule has 0 aliphatic rings. The van der Waals surface area contributed by atoms with Crippen molar-refractivity contribution in [3.63, 3.8) is 0 Å². The Kier molecular flexibility index (Phi) is 3.24. The minimum absolute atomic E-state index is 0.186. The molecule has 0 spiro atoms. The van der Waals surface area contributed by atoms with Crippen LogP contribution in [-0.4, -0.2) is 11.1 Å². The number of benzene rings is 2. The average Bonchev–Trinajstić information content (AvgIpc) is 2.33. The van der Waals surface area contributed by atoms with Gasteiger partial charge in [-0.25, -0.2) is 9.18 Å². The van der Waals surface area contributed by atoms with Crippen molar-refractivity contribution in [3.8, 4) is 11.1 Å². The first-order chi connectivity index (χ1) is 8.08. The molecule has 17 heavy (non-hydrogen) atoms. The summed E-state index contributed by atoms with van der Waals surface area (Å²) in [5, 5.41) is 8.87. The molecule has 0 amide bonds. The van der Waals surface area contributed by atoms with Crippen molar-refractivity contribution in [1.29, 1.82) is 0 Å². The van der Waals surface area contributed by atoms with Crippen LogP contribution in [0.2, 0.25) is 0 Å². The van der Waals surface area contributed by atoms with Crippen molar-refractivity contribution in [2.45, 2.75) is 0 Å². The van der Waals surface area contributed by atoms with Gasteiger partial charge in [-0.05, 0) is 51.3 Å². The van der Waals surface area contributed by atoms with Crippen LogP contribution in [0.15, 0.2) is 46.9 Å². The van der Waals surface area contributed by atoms with E-state index in [4.69, 9.17) is 5.11 Å². The quantitative estimate of drug-likeness (QED) is 0.910. The normalized spacial score (nSPS) is 10.2. The molecule has 0 bridgehead atoms. The Labute approximate surface area is 106 Å². The van der Waals surface area contributed by atoms with E-state index in [9.17, 15) is 9.18 Å². The zero-order valence-electron chi connectivity index (χ0n) is 8.65. The first kappa shape index (κ1) is 11.8. The third kappa shape index (κ3) is 2.53. The highest BCUT2D eigenvalue weighted by atomic mass is 79.9. The highest BCUT2D eigenvalue weighted by molar-refractivity contribution is 9.10. The summed E-state index contributed by atoms with van der Waals surface area (Å²) < 4.78 is 13.7. The van der Waals surface area contributed by atoms with Crippen molar-refractivity contribution < 1.29 is 14.3 Å². The average molecular weight is 295 g/mol. The van der Waals surface area contributed by atoms with Crippen molar-refractivity contribution in [1.82, 2.24) is 0 Å². The van der Waals surface area contributed by atoms with E-state index in [0.29, 0.717) is 15.6 Å². The highest BCUT2D eigenvalue weighted by Crippen LogP contribution is 2.25. The maximum Gasteiger partial charge on any atom is 0.335 e. The number of carboxylic acid groups (broad SMARTS) is 1. The van der Waals surface area contributed by atoms with Gasteiger partial charge in [-0.15, -0.1) is 0 Å². The summed E-state index contributed by atoms with van der Waals surface area (Å²) in [6.45, 7) is 0. The molecular formula is C13H8BrFO2. The van der Waals surface area contributed by atoms with E-state index >= 15 is 0 Å². The van der Waals surface area contributed by atoms with Crippen LogP contribution < -0.4 is 0 Å². The second kappa shape index (κ2) is 4.67. The van der Waals surface area contributed by atoms with Gasteiger partial charge in [-0.2, -0.15) is 0 Å². The summed E-state index contributed by atoms with van der Waals surface area (Å²) in [5.41, 5.74) is 1.51. The van der Waals surface area contributed by atoms with E-state index in [-0.39, 0.29) is 11.4 Å². The first-order valence-electron chi connectivity index (χ1n) is 4.87. The summed E-state index contributed by atoms with van der Waals surface area (Å²) in [7, 11) is 0. The van der Waals surface area contributed by atoms with Crippen molar-refractivity contribution in [3.05, 3.63) is 58.3 Å². The van der Waals surface area contributed by atoms with E-state index < -0.39 is 5.97 Å². The number of halogens is 2. The van der Waals surface area contributed by atoms with Crippen LogP contribution in [-0.2, 0) is 0 Å². The van der Waals surface area contributed by atoms with Crippen LogP contribution in [0.25, 0.3) is 11.1 Å². The monoisotopic (exact) mass is 294 g/mol. The lowest BCUT2D eigenvalue weighted by Gasteiger charge is -2.04.